The molecule has 3 N–H and O–H groups in total. The smallest absolute Gasteiger partial charge is 0.157 e. The lowest BCUT2D eigenvalue weighted by Crippen LogP contribution is -2.58. The number of halogens is 2. The van der Waals surface area contributed by atoms with Crippen LogP contribution in [-0.2, 0) is 4.79 Å². The summed E-state index contributed by atoms with van der Waals surface area (Å²) in [4.78, 5) is 13.6. The number of fused-ring (bicyclic) bond motifs is 6. The molecule has 5 aliphatic rings. The molecule has 186 valence electrons. The van der Waals surface area contributed by atoms with Crippen LogP contribution in [-0.4, -0.2) is 28.7 Å². The van der Waals surface area contributed by atoms with Gasteiger partial charge in [-0.25, -0.2) is 8.78 Å². The Balaban J connectivity index is 1.18. The number of hydrogen-bond acceptors (Lipinski definition) is 5. The van der Waals surface area contributed by atoms with E-state index in [1.165, 1.54) is 12.1 Å². The fourth-order valence-electron chi connectivity index (χ4n) is 8.93. The molecule has 1 aromatic carbocycles. The first kappa shape index (κ1) is 22.7. The monoisotopic (exact) mass is 473 g/mol. The molecule has 0 aromatic heterocycles. The molecule has 7 heteroatoms. The number of hydrazine groups is 2. The molecule has 4 aliphatic carbocycles. The van der Waals surface area contributed by atoms with Crippen LogP contribution in [0, 0.1) is 40.8 Å². The first-order chi connectivity index (χ1) is 16.1. The summed E-state index contributed by atoms with van der Waals surface area (Å²) in [6.07, 6.45) is 7.11. The summed E-state index contributed by atoms with van der Waals surface area (Å²) in [5.41, 5.74) is 5.40. The highest BCUT2D eigenvalue weighted by atomic mass is 19.1. The minimum absolute atomic E-state index is 0.0230. The molecule has 34 heavy (non-hydrogen) atoms. The second kappa shape index (κ2) is 7.63. The molecule has 0 saturated heterocycles. The number of nitrogens with one attached hydrogen (secondary N) is 2. The van der Waals surface area contributed by atoms with Crippen molar-refractivity contribution in [2.45, 2.75) is 82.9 Å². The molecule has 4 fully saturated rings. The zero-order valence-electron chi connectivity index (χ0n) is 20.2. The van der Waals surface area contributed by atoms with Crippen molar-refractivity contribution in [3.8, 4) is 0 Å². The number of ketones is 1. The van der Waals surface area contributed by atoms with Gasteiger partial charge in [-0.3, -0.25) is 9.80 Å². The zero-order chi connectivity index (χ0) is 23.9. The quantitative estimate of drug-likeness (QED) is 0.566. The maximum absolute atomic E-state index is 16.5. The lowest BCUT2D eigenvalue weighted by atomic mass is 9.48. The number of rotatable bonds is 3. The minimum atomic E-state index is -1.15. The van der Waals surface area contributed by atoms with Crippen LogP contribution in [0.3, 0.4) is 0 Å². The topological polar surface area (TPSA) is 64.6 Å². The average Bonchev–Trinajstić information content (AvgIpc) is 3.34. The zero-order valence-corrected chi connectivity index (χ0v) is 20.2. The number of alkyl halides is 1. The number of carbonyl (C=O) groups is 1. The van der Waals surface area contributed by atoms with Crippen molar-refractivity contribution in [2.24, 2.45) is 35.0 Å². The van der Waals surface area contributed by atoms with Crippen molar-refractivity contribution in [1.29, 1.82) is 0 Å². The van der Waals surface area contributed by atoms with Crippen LogP contribution in [0.5, 0.6) is 0 Å². The first-order valence-electron chi connectivity index (χ1n) is 13.1. The highest BCUT2D eigenvalue weighted by molar-refractivity contribution is 5.88. The lowest BCUT2D eigenvalue weighted by Gasteiger charge is -2.59. The molecule has 1 aromatic rings. The van der Waals surface area contributed by atoms with Crippen LogP contribution in [0.1, 0.15) is 71.6 Å². The van der Waals surface area contributed by atoms with Gasteiger partial charge in [0.15, 0.2) is 5.78 Å². The molecule has 8 atom stereocenters. The molecule has 0 spiro atoms. The predicted octanol–water partition coefficient (Wildman–Crippen LogP) is 5.16. The summed E-state index contributed by atoms with van der Waals surface area (Å²) in [5, 5.41) is 12.3. The van der Waals surface area contributed by atoms with E-state index in [1.54, 1.807) is 11.1 Å². The van der Waals surface area contributed by atoms with E-state index >= 15 is 4.39 Å². The van der Waals surface area contributed by atoms with E-state index in [-0.39, 0.29) is 41.3 Å². The van der Waals surface area contributed by atoms with E-state index in [2.05, 4.69) is 17.9 Å². The largest absolute Gasteiger partial charge is 0.390 e. The molecule has 6 rings (SSSR count). The Morgan fingerprint density at radius 3 is 2.76 bits per heavy atom. The van der Waals surface area contributed by atoms with Crippen molar-refractivity contribution in [3.05, 3.63) is 24.0 Å². The van der Waals surface area contributed by atoms with E-state index < -0.39 is 11.3 Å². The standard InChI is InChI=1S/C27H37F2N3O2/c1-25(34)11-12-27(29)16(14-25)3-5-18-19-6-7-21(26(19,2)10-9-20(18)27)24(33)15-32-23-8-4-17(28)13-22(23)30-31-32/h4,8,13,16,18-21,30-31,34H,3,5-7,9-12,14-15H2,1-2H3/t16-,18+,19+,20+,21-,25-,26+,27-/m1/s1. The van der Waals surface area contributed by atoms with Crippen LogP contribution in [0.2, 0.25) is 0 Å². The van der Waals surface area contributed by atoms with Crippen molar-refractivity contribution in [3.63, 3.8) is 0 Å². The molecule has 4 saturated carbocycles. The summed E-state index contributed by atoms with van der Waals surface area (Å²) >= 11 is 0. The van der Waals surface area contributed by atoms with Gasteiger partial charge in [-0.1, -0.05) is 6.92 Å². The fraction of sp³-hybridized carbons (Fsp3) is 0.741. The first-order valence-corrected chi connectivity index (χ1v) is 13.1. The lowest BCUT2D eigenvalue weighted by molar-refractivity contribution is -0.165. The molecule has 5 nitrogen and oxygen atoms in total. The van der Waals surface area contributed by atoms with Gasteiger partial charge in [0, 0.05) is 12.0 Å². The summed E-state index contributed by atoms with van der Waals surface area (Å²) < 4.78 is 30.1. The average molecular weight is 474 g/mol. The summed E-state index contributed by atoms with van der Waals surface area (Å²) in [5.74, 6) is 0.654. The van der Waals surface area contributed by atoms with Crippen molar-refractivity contribution in [1.82, 2.24) is 5.53 Å². The summed E-state index contributed by atoms with van der Waals surface area (Å²) in [7, 11) is 0. The van der Waals surface area contributed by atoms with Crippen LogP contribution < -0.4 is 16.0 Å². The normalized spacial score (nSPS) is 45.1. The Labute approximate surface area is 200 Å². The van der Waals surface area contributed by atoms with E-state index in [4.69, 9.17) is 0 Å². The van der Waals surface area contributed by atoms with Gasteiger partial charge in [0.05, 0.1) is 23.5 Å². The van der Waals surface area contributed by atoms with E-state index in [9.17, 15) is 14.3 Å². The van der Waals surface area contributed by atoms with Crippen molar-refractivity contribution < 1.29 is 18.7 Å². The number of anilines is 2. The maximum atomic E-state index is 16.5. The molecule has 0 radical (unpaired) electrons. The van der Waals surface area contributed by atoms with Gasteiger partial charge in [-0.2, -0.15) is 0 Å². The fourth-order valence-corrected chi connectivity index (χ4v) is 8.93. The highest BCUT2D eigenvalue weighted by Crippen LogP contribution is 2.66. The van der Waals surface area contributed by atoms with Crippen LogP contribution in [0.15, 0.2) is 18.2 Å². The van der Waals surface area contributed by atoms with Crippen LogP contribution >= 0.6 is 0 Å². The highest BCUT2D eigenvalue weighted by Gasteiger charge is 2.63. The predicted molar refractivity (Wildman–Crippen MR) is 127 cm³/mol. The molecule has 1 heterocycles. The van der Waals surface area contributed by atoms with Gasteiger partial charge in [0.2, 0.25) is 0 Å². The van der Waals surface area contributed by atoms with Gasteiger partial charge in [0.1, 0.15) is 11.5 Å². The Bertz CT molecular complexity index is 1000. The number of hydrogen-bond donors (Lipinski definition) is 3. The Kier molecular flexibility index (Phi) is 5.10. The molecular weight excluding hydrogens is 436 g/mol. The van der Waals surface area contributed by atoms with Crippen LogP contribution in [0.25, 0.3) is 0 Å². The number of aliphatic hydroxyl groups is 1. The van der Waals surface area contributed by atoms with Gasteiger partial charge >= 0.3 is 0 Å². The van der Waals surface area contributed by atoms with Crippen molar-refractivity contribution >= 4 is 17.2 Å². The SMILES string of the molecule is C[C@@]1(O)CC[C@@]2(F)[C@H](CC[C@H]3[C@@H]4CC[C@H](C(=O)CN5NNc6cc(F)ccc65)[C@@]4(C)CC[C@@H]32)C1. The van der Waals surface area contributed by atoms with Gasteiger partial charge in [-0.05, 0) is 106 Å². The third-order valence-electron chi connectivity index (χ3n) is 10.6. The third kappa shape index (κ3) is 3.33. The molecule has 0 bridgehead atoms. The van der Waals surface area contributed by atoms with E-state index in [0.29, 0.717) is 36.8 Å². The second-order valence-electron chi connectivity index (χ2n) is 12.4. The Hall–Kier alpha value is -1.73. The molecular formula is C27H37F2N3O2. The minimum Gasteiger partial charge on any atom is -0.390 e. The van der Waals surface area contributed by atoms with E-state index in [1.807, 2.05) is 6.92 Å². The van der Waals surface area contributed by atoms with Gasteiger partial charge < -0.3 is 10.5 Å². The number of benzene rings is 1. The second-order valence-corrected chi connectivity index (χ2v) is 12.4. The maximum Gasteiger partial charge on any atom is 0.157 e. The van der Waals surface area contributed by atoms with Crippen LogP contribution in [0.4, 0.5) is 20.2 Å². The molecule has 1 aliphatic heterocycles. The summed E-state index contributed by atoms with van der Waals surface area (Å²) in [6, 6.07) is 4.53. The Morgan fingerprint density at radius 2 is 1.94 bits per heavy atom. The Morgan fingerprint density at radius 1 is 1.12 bits per heavy atom. The van der Waals surface area contributed by atoms with E-state index in [0.717, 1.165) is 44.2 Å². The third-order valence-corrected chi connectivity index (χ3v) is 10.6. The number of nitrogens with zero attached hydrogens (tertiary/aromatic N) is 1. The number of carbonyl (C=O) groups excluding carboxylic acids is 1. The summed E-state index contributed by atoms with van der Waals surface area (Å²) in [6.45, 7) is 4.38. The van der Waals surface area contributed by atoms with Gasteiger partial charge in [-0.15, -0.1) is 5.53 Å². The molecule has 0 amide bonds. The molecule has 0 unspecified atom stereocenters. The van der Waals surface area contributed by atoms with Crippen molar-refractivity contribution in [2.75, 3.05) is 17.0 Å². The van der Waals surface area contributed by atoms with Gasteiger partial charge in [0.25, 0.3) is 0 Å². The number of Topliss-reactive ketones (excluding diaryl/α,β-unsaturated/α-hetero) is 1.